The second-order valence-electron chi connectivity index (χ2n) is 7.06. The third-order valence-electron chi connectivity index (χ3n) is 4.46. The Balaban J connectivity index is 1.90. The van der Waals surface area contributed by atoms with Gasteiger partial charge in [0.25, 0.3) is 0 Å². The maximum atomic E-state index is 2.64. The highest BCUT2D eigenvalue weighted by Crippen LogP contribution is 2.23. The number of rotatable bonds is 4. The lowest BCUT2D eigenvalue weighted by Crippen LogP contribution is -2.23. The van der Waals surface area contributed by atoms with Gasteiger partial charge in [0.2, 0.25) is 0 Å². The second-order valence-corrected chi connectivity index (χ2v) is 7.06. The molecule has 1 nitrogen and oxygen atoms in total. The van der Waals surface area contributed by atoms with Crippen molar-refractivity contribution in [1.82, 2.24) is 4.90 Å². The summed E-state index contributed by atoms with van der Waals surface area (Å²) < 4.78 is 0. The van der Waals surface area contributed by atoms with Gasteiger partial charge in [-0.3, -0.25) is 0 Å². The van der Waals surface area contributed by atoms with Gasteiger partial charge in [-0.25, -0.2) is 0 Å². The molecule has 0 aromatic heterocycles. The Hall–Kier alpha value is -0.820. The van der Waals surface area contributed by atoms with Crippen molar-refractivity contribution in [2.45, 2.75) is 52.4 Å². The van der Waals surface area contributed by atoms with Crippen LogP contribution < -0.4 is 0 Å². The van der Waals surface area contributed by atoms with Gasteiger partial charge in [-0.15, -0.1) is 0 Å². The maximum absolute atomic E-state index is 2.64. The summed E-state index contributed by atoms with van der Waals surface area (Å²) >= 11 is 0. The van der Waals surface area contributed by atoms with Crippen molar-refractivity contribution >= 4 is 0 Å². The molecule has 0 N–H and O–H groups in total. The summed E-state index contributed by atoms with van der Waals surface area (Å²) in [5, 5.41) is 0. The van der Waals surface area contributed by atoms with Gasteiger partial charge in [-0.1, -0.05) is 58.4 Å². The summed E-state index contributed by atoms with van der Waals surface area (Å²) in [7, 11) is 0. The fourth-order valence-corrected chi connectivity index (χ4v) is 2.93. The van der Waals surface area contributed by atoms with Crippen molar-refractivity contribution < 1.29 is 0 Å². The van der Waals surface area contributed by atoms with Gasteiger partial charge < -0.3 is 4.90 Å². The fourth-order valence-electron chi connectivity index (χ4n) is 2.93. The summed E-state index contributed by atoms with van der Waals surface area (Å²) in [6.07, 6.45) is 3.94. The first kappa shape index (κ1) is 14.6. The number of hydrogen-bond donors (Lipinski definition) is 0. The number of nitrogens with zero attached hydrogens (tertiary/aromatic N) is 1. The zero-order valence-electron chi connectivity index (χ0n) is 13.1. The Bertz CT molecular complexity index is 402. The predicted octanol–water partition coefficient (Wildman–Crippen LogP) is 4.26. The van der Waals surface area contributed by atoms with E-state index in [4.69, 9.17) is 0 Å². The van der Waals surface area contributed by atoms with Gasteiger partial charge >= 0.3 is 0 Å². The van der Waals surface area contributed by atoms with E-state index in [1.54, 1.807) is 0 Å². The van der Waals surface area contributed by atoms with Crippen molar-refractivity contribution in [3.05, 3.63) is 35.4 Å². The van der Waals surface area contributed by atoms with E-state index in [1.165, 1.54) is 50.0 Å². The fraction of sp³-hybridized carbons (Fsp3) is 0.667. The normalized spacial score (nSPS) is 20.9. The van der Waals surface area contributed by atoms with E-state index < -0.39 is 0 Å². The number of benzene rings is 1. The standard InChI is InChI=1S/C18H29N/c1-5-15-9-11-19(14-15)12-10-16-7-6-8-17(13-16)18(2,3)4/h6-8,13,15H,5,9-12,14H2,1-4H3/t15-/m1/s1. The highest BCUT2D eigenvalue weighted by atomic mass is 15.1. The Morgan fingerprint density at radius 2 is 2.05 bits per heavy atom. The minimum atomic E-state index is 0.261. The SMILES string of the molecule is CC[C@@H]1CCN(CCc2cccc(C(C)(C)C)c2)C1. The van der Waals surface area contributed by atoms with Crippen LogP contribution in [0.25, 0.3) is 0 Å². The molecule has 2 rings (SSSR count). The van der Waals surface area contributed by atoms with Crippen LogP contribution in [-0.4, -0.2) is 24.5 Å². The quantitative estimate of drug-likeness (QED) is 0.781. The summed E-state index contributed by atoms with van der Waals surface area (Å²) in [6.45, 7) is 13.0. The first-order valence-electron chi connectivity index (χ1n) is 7.81. The molecular formula is C18H29N. The van der Waals surface area contributed by atoms with Crippen molar-refractivity contribution in [2.24, 2.45) is 5.92 Å². The Morgan fingerprint density at radius 3 is 2.68 bits per heavy atom. The van der Waals surface area contributed by atoms with Crippen molar-refractivity contribution in [3.8, 4) is 0 Å². The van der Waals surface area contributed by atoms with Crippen molar-refractivity contribution in [2.75, 3.05) is 19.6 Å². The molecule has 0 unspecified atom stereocenters. The molecule has 19 heavy (non-hydrogen) atoms. The van der Waals surface area contributed by atoms with Crippen LogP contribution in [0.15, 0.2) is 24.3 Å². The van der Waals surface area contributed by atoms with Crippen LogP contribution in [0.4, 0.5) is 0 Å². The van der Waals surface area contributed by atoms with Crippen molar-refractivity contribution in [1.29, 1.82) is 0 Å². The molecule has 0 radical (unpaired) electrons. The number of hydrogen-bond acceptors (Lipinski definition) is 1. The van der Waals surface area contributed by atoms with Crippen LogP contribution in [0.5, 0.6) is 0 Å². The molecule has 1 aromatic rings. The molecule has 0 spiro atoms. The van der Waals surface area contributed by atoms with E-state index >= 15 is 0 Å². The van der Waals surface area contributed by atoms with Crippen LogP contribution in [0.3, 0.4) is 0 Å². The average Bonchev–Trinajstić information content (AvgIpc) is 2.84. The molecule has 1 heterocycles. The zero-order valence-corrected chi connectivity index (χ0v) is 13.1. The molecule has 1 aliphatic heterocycles. The van der Waals surface area contributed by atoms with E-state index in [0.717, 1.165) is 5.92 Å². The van der Waals surface area contributed by atoms with Gasteiger partial charge in [-0.2, -0.15) is 0 Å². The number of likely N-dealkylation sites (tertiary alicyclic amines) is 1. The Labute approximate surface area is 119 Å². The van der Waals surface area contributed by atoms with Crippen molar-refractivity contribution in [3.63, 3.8) is 0 Å². The lowest BCUT2D eigenvalue weighted by atomic mass is 9.86. The minimum Gasteiger partial charge on any atom is -0.303 e. The van der Waals surface area contributed by atoms with Crippen LogP contribution in [0, 0.1) is 5.92 Å². The molecule has 1 heteroatoms. The molecule has 1 saturated heterocycles. The third kappa shape index (κ3) is 4.07. The van der Waals surface area contributed by atoms with E-state index in [-0.39, 0.29) is 5.41 Å². The molecule has 1 atom stereocenters. The molecular weight excluding hydrogens is 230 g/mol. The lowest BCUT2D eigenvalue weighted by molar-refractivity contribution is 0.327. The monoisotopic (exact) mass is 259 g/mol. The maximum Gasteiger partial charge on any atom is 0.00219 e. The van der Waals surface area contributed by atoms with Gasteiger partial charge in [-0.05, 0) is 41.8 Å². The van der Waals surface area contributed by atoms with E-state index in [0.29, 0.717) is 0 Å². The van der Waals surface area contributed by atoms with Crippen LogP contribution >= 0.6 is 0 Å². The summed E-state index contributed by atoms with van der Waals surface area (Å²) in [4.78, 5) is 2.64. The molecule has 106 valence electrons. The first-order chi connectivity index (χ1) is 8.99. The van der Waals surface area contributed by atoms with E-state index in [1.807, 2.05) is 0 Å². The van der Waals surface area contributed by atoms with Gasteiger partial charge in [0.1, 0.15) is 0 Å². The largest absolute Gasteiger partial charge is 0.303 e. The summed E-state index contributed by atoms with van der Waals surface area (Å²) in [6, 6.07) is 9.15. The summed E-state index contributed by atoms with van der Waals surface area (Å²) in [5.74, 6) is 0.945. The molecule has 0 bridgehead atoms. The first-order valence-corrected chi connectivity index (χ1v) is 7.81. The molecule has 1 aliphatic rings. The molecule has 1 aromatic carbocycles. The second kappa shape index (κ2) is 6.09. The topological polar surface area (TPSA) is 3.24 Å². The average molecular weight is 259 g/mol. The lowest BCUT2D eigenvalue weighted by Gasteiger charge is -2.20. The third-order valence-corrected chi connectivity index (χ3v) is 4.46. The molecule has 1 fully saturated rings. The molecule has 0 saturated carbocycles. The predicted molar refractivity (Wildman–Crippen MR) is 83.7 cm³/mol. The van der Waals surface area contributed by atoms with E-state index in [2.05, 4.69) is 56.9 Å². The van der Waals surface area contributed by atoms with Gasteiger partial charge in [0, 0.05) is 13.1 Å². The highest BCUT2D eigenvalue weighted by Gasteiger charge is 2.20. The van der Waals surface area contributed by atoms with Crippen LogP contribution in [0.1, 0.15) is 51.7 Å². The van der Waals surface area contributed by atoms with Crippen LogP contribution in [0.2, 0.25) is 0 Å². The summed E-state index contributed by atoms with van der Waals surface area (Å²) in [5.41, 5.74) is 3.21. The minimum absolute atomic E-state index is 0.261. The van der Waals surface area contributed by atoms with Crippen LogP contribution in [-0.2, 0) is 11.8 Å². The Morgan fingerprint density at radius 1 is 1.26 bits per heavy atom. The van der Waals surface area contributed by atoms with Gasteiger partial charge in [0.05, 0.1) is 0 Å². The Kier molecular flexibility index (Phi) is 4.67. The smallest absolute Gasteiger partial charge is 0.00219 e. The molecule has 0 amide bonds. The van der Waals surface area contributed by atoms with Gasteiger partial charge in [0.15, 0.2) is 0 Å². The zero-order chi connectivity index (χ0) is 13.9. The van der Waals surface area contributed by atoms with E-state index in [9.17, 15) is 0 Å². The highest BCUT2D eigenvalue weighted by molar-refractivity contribution is 5.28. The molecule has 0 aliphatic carbocycles.